The molecule has 0 aromatic heterocycles. The highest BCUT2D eigenvalue weighted by molar-refractivity contribution is 7.88. The molecule has 0 bridgehead atoms. The highest BCUT2D eigenvalue weighted by Crippen LogP contribution is 2.28. The number of rotatable bonds is 4. The molecule has 0 amide bonds. The SMILES string of the molecule is Cc1ccc([S@](=O)/C=C/C[C@@H]2CC(=O)C(C)(C)O2)cc1. The molecule has 2 atom stereocenters. The summed E-state index contributed by atoms with van der Waals surface area (Å²) in [6, 6.07) is 7.63. The lowest BCUT2D eigenvalue weighted by molar-refractivity contribution is -0.129. The van der Waals surface area contributed by atoms with Gasteiger partial charge in [0.25, 0.3) is 0 Å². The van der Waals surface area contributed by atoms with Gasteiger partial charge in [0.05, 0.1) is 16.9 Å². The van der Waals surface area contributed by atoms with Gasteiger partial charge in [0, 0.05) is 16.7 Å². The monoisotopic (exact) mass is 292 g/mol. The van der Waals surface area contributed by atoms with Gasteiger partial charge in [-0.1, -0.05) is 23.8 Å². The van der Waals surface area contributed by atoms with Crippen LogP contribution in [0.3, 0.4) is 0 Å². The number of hydrogen-bond donors (Lipinski definition) is 0. The van der Waals surface area contributed by atoms with E-state index in [9.17, 15) is 9.00 Å². The third-order valence-corrected chi connectivity index (χ3v) is 4.59. The minimum Gasteiger partial charge on any atom is -0.364 e. The number of carbonyl (C=O) groups is 1. The maximum absolute atomic E-state index is 12.0. The number of Topliss-reactive ketones (excluding diaryl/α,β-unsaturated/α-hetero) is 1. The summed E-state index contributed by atoms with van der Waals surface area (Å²) in [4.78, 5) is 12.4. The van der Waals surface area contributed by atoms with Gasteiger partial charge in [0.2, 0.25) is 0 Å². The van der Waals surface area contributed by atoms with Crippen LogP contribution < -0.4 is 0 Å². The summed E-state index contributed by atoms with van der Waals surface area (Å²) in [5.74, 6) is 0.135. The number of carbonyl (C=O) groups excluding carboxylic acids is 1. The lowest BCUT2D eigenvalue weighted by atomic mass is 10.0. The molecule has 2 rings (SSSR count). The average molecular weight is 292 g/mol. The molecule has 1 aliphatic heterocycles. The van der Waals surface area contributed by atoms with Gasteiger partial charge >= 0.3 is 0 Å². The van der Waals surface area contributed by atoms with Gasteiger partial charge in [0.1, 0.15) is 5.60 Å². The molecule has 0 aliphatic carbocycles. The first-order valence-electron chi connectivity index (χ1n) is 6.73. The lowest BCUT2D eigenvalue weighted by Crippen LogP contribution is -2.27. The van der Waals surface area contributed by atoms with Crippen LogP contribution >= 0.6 is 0 Å². The Balaban J connectivity index is 1.90. The van der Waals surface area contributed by atoms with Crippen LogP contribution in [0.15, 0.2) is 40.6 Å². The van der Waals surface area contributed by atoms with E-state index in [1.807, 2.05) is 37.3 Å². The van der Waals surface area contributed by atoms with Gasteiger partial charge < -0.3 is 4.74 Å². The predicted molar refractivity (Wildman–Crippen MR) is 79.9 cm³/mol. The molecule has 1 aromatic carbocycles. The van der Waals surface area contributed by atoms with Crippen LogP contribution in [0.25, 0.3) is 0 Å². The van der Waals surface area contributed by atoms with E-state index < -0.39 is 16.4 Å². The molecule has 0 N–H and O–H groups in total. The van der Waals surface area contributed by atoms with Crippen molar-refractivity contribution in [2.75, 3.05) is 0 Å². The van der Waals surface area contributed by atoms with Crippen LogP contribution in [0.2, 0.25) is 0 Å². The van der Waals surface area contributed by atoms with Crippen molar-refractivity contribution in [3.05, 3.63) is 41.3 Å². The van der Waals surface area contributed by atoms with Gasteiger partial charge in [-0.2, -0.15) is 0 Å². The topological polar surface area (TPSA) is 43.4 Å². The largest absolute Gasteiger partial charge is 0.364 e. The molecule has 0 unspecified atom stereocenters. The Kier molecular flexibility index (Phi) is 4.55. The van der Waals surface area contributed by atoms with Gasteiger partial charge in [-0.05, 0) is 39.3 Å². The summed E-state index contributed by atoms with van der Waals surface area (Å²) in [6.07, 6.45) is 2.81. The zero-order valence-electron chi connectivity index (χ0n) is 12.1. The Hall–Kier alpha value is -1.26. The molecule has 0 spiro atoms. The third kappa shape index (κ3) is 3.64. The molecule has 20 heavy (non-hydrogen) atoms. The molecule has 1 heterocycles. The maximum Gasteiger partial charge on any atom is 0.166 e. The highest BCUT2D eigenvalue weighted by Gasteiger charge is 2.39. The van der Waals surface area contributed by atoms with E-state index in [0.717, 1.165) is 10.5 Å². The van der Waals surface area contributed by atoms with Crippen molar-refractivity contribution in [3.8, 4) is 0 Å². The molecule has 1 aliphatic rings. The Morgan fingerprint density at radius 3 is 2.55 bits per heavy atom. The minimum absolute atomic E-state index is 0.0937. The van der Waals surface area contributed by atoms with E-state index in [4.69, 9.17) is 4.74 Å². The van der Waals surface area contributed by atoms with Crippen molar-refractivity contribution in [1.82, 2.24) is 0 Å². The summed E-state index contributed by atoms with van der Waals surface area (Å²) < 4.78 is 17.7. The fraction of sp³-hybridized carbons (Fsp3) is 0.438. The predicted octanol–water partition coefficient (Wildman–Crippen LogP) is 3.14. The first-order chi connectivity index (χ1) is 9.38. The summed E-state index contributed by atoms with van der Waals surface area (Å²) in [7, 11) is -1.14. The van der Waals surface area contributed by atoms with E-state index in [1.165, 1.54) is 0 Å². The molecule has 1 saturated heterocycles. The van der Waals surface area contributed by atoms with E-state index >= 15 is 0 Å². The number of ketones is 1. The first-order valence-corrected chi connectivity index (χ1v) is 7.95. The molecule has 0 saturated carbocycles. The van der Waals surface area contributed by atoms with Crippen molar-refractivity contribution in [2.24, 2.45) is 0 Å². The smallest absolute Gasteiger partial charge is 0.166 e. The second kappa shape index (κ2) is 6.02. The number of hydrogen-bond acceptors (Lipinski definition) is 3. The standard InChI is InChI=1S/C16H20O3S/c1-12-6-8-14(9-7-12)20(18)10-4-5-13-11-15(17)16(2,3)19-13/h4,6-10,13H,5,11H2,1-3H3/b10-4+/t13-,20-/m1/s1. The molecule has 1 aromatic rings. The zero-order valence-corrected chi connectivity index (χ0v) is 12.9. The normalized spacial score (nSPS) is 23.4. The number of ether oxygens (including phenoxy) is 1. The van der Waals surface area contributed by atoms with E-state index in [-0.39, 0.29) is 11.9 Å². The van der Waals surface area contributed by atoms with E-state index in [2.05, 4.69) is 0 Å². The van der Waals surface area contributed by atoms with Crippen molar-refractivity contribution in [3.63, 3.8) is 0 Å². The molecule has 3 nitrogen and oxygen atoms in total. The van der Waals surface area contributed by atoms with Crippen LogP contribution in [0.1, 0.15) is 32.3 Å². The van der Waals surface area contributed by atoms with Gasteiger partial charge in [-0.3, -0.25) is 4.79 Å². The average Bonchev–Trinajstić information content (AvgIpc) is 2.63. The van der Waals surface area contributed by atoms with Crippen LogP contribution in [0, 0.1) is 6.92 Å². The second-order valence-corrected chi connectivity index (χ2v) is 6.93. The summed E-state index contributed by atoms with van der Waals surface area (Å²) in [5, 5.41) is 1.67. The zero-order chi connectivity index (χ0) is 14.8. The van der Waals surface area contributed by atoms with Gasteiger partial charge in [-0.15, -0.1) is 0 Å². The van der Waals surface area contributed by atoms with Crippen molar-refractivity contribution < 1.29 is 13.7 Å². The number of benzene rings is 1. The minimum atomic E-state index is -1.14. The molecule has 0 radical (unpaired) electrons. The lowest BCUT2D eigenvalue weighted by Gasteiger charge is -2.16. The van der Waals surface area contributed by atoms with Crippen LogP contribution in [-0.2, 0) is 20.3 Å². The summed E-state index contributed by atoms with van der Waals surface area (Å²) in [6.45, 7) is 5.59. The fourth-order valence-corrected chi connectivity index (χ4v) is 3.00. The molecule has 1 fully saturated rings. The van der Waals surface area contributed by atoms with Gasteiger partial charge in [0.15, 0.2) is 5.78 Å². The maximum atomic E-state index is 12.0. The van der Waals surface area contributed by atoms with Crippen LogP contribution in [0.5, 0.6) is 0 Å². The Morgan fingerprint density at radius 2 is 2.00 bits per heavy atom. The molecular weight excluding hydrogens is 272 g/mol. The highest BCUT2D eigenvalue weighted by atomic mass is 32.2. The second-order valence-electron chi connectivity index (χ2n) is 5.60. The van der Waals surface area contributed by atoms with Crippen LogP contribution in [0.4, 0.5) is 0 Å². The van der Waals surface area contributed by atoms with E-state index in [1.54, 1.807) is 19.3 Å². The first kappa shape index (κ1) is 15.1. The van der Waals surface area contributed by atoms with Crippen molar-refractivity contribution in [2.45, 2.75) is 50.2 Å². The fourth-order valence-electron chi connectivity index (χ4n) is 2.15. The molecule has 108 valence electrons. The van der Waals surface area contributed by atoms with Gasteiger partial charge in [-0.25, -0.2) is 4.21 Å². The van der Waals surface area contributed by atoms with Crippen LogP contribution in [-0.4, -0.2) is 21.7 Å². The van der Waals surface area contributed by atoms with Crippen molar-refractivity contribution >= 4 is 16.6 Å². The summed E-state index contributed by atoms with van der Waals surface area (Å²) >= 11 is 0. The summed E-state index contributed by atoms with van der Waals surface area (Å²) in [5.41, 5.74) is 0.476. The number of aryl methyl sites for hydroxylation is 1. The van der Waals surface area contributed by atoms with E-state index in [0.29, 0.717) is 12.8 Å². The van der Waals surface area contributed by atoms with Crippen molar-refractivity contribution in [1.29, 1.82) is 0 Å². The Morgan fingerprint density at radius 1 is 1.35 bits per heavy atom. The molecular formula is C16H20O3S. The third-order valence-electron chi connectivity index (χ3n) is 3.42. The Bertz CT molecular complexity index is 543. The Labute approximate surface area is 122 Å². The quantitative estimate of drug-likeness (QED) is 0.856. The molecule has 4 heteroatoms.